The molecule has 2 N–H and O–H groups in total. The average Bonchev–Trinajstić information content (AvgIpc) is 3.38. The Labute approximate surface area is 143 Å². The third-order valence-corrected chi connectivity index (χ3v) is 3.27. The molecule has 26 heavy (non-hydrogen) atoms. The summed E-state index contributed by atoms with van der Waals surface area (Å²) in [6.07, 6.45) is -4.76. The molecule has 1 aromatic rings. The first kappa shape index (κ1) is 19.0. The van der Waals surface area contributed by atoms with Gasteiger partial charge >= 0.3 is 17.8 Å². The van der Waals surface area contributed by atoms with Gasteiger partial charge in [0, 0.05) is 10.5 Å². The number of carbonyl (C=O) groups is 2. The zero-order valence-corrected chi connectivity index (χ0v) is 12.9. The van der Waals surface area contributed by atoms with E-state index in [0.29, 0.717) is 0 Å². The van der Waals surface area contributed by atoms with Crippen LogP contribution < -0.4 is 10.1 Å². The Balaban J connectivity index is 2.09. The lowest BCUT2D eigenvalue weighted by Crippen LogP contribution is -2.31. The molecule has 0 spiro atoms. The normalized spacial score (nSPS) is 14.3. The number of amides is 1. The molecule has 0 saturated heterocycles. The maximum absolute atomic E-state index is 13.0. The minimum atomic E-state index is -4.76. The highest BCUT2D eigenvalue weighted by Crippen LogP contribution is 2.52. The van der Waals surface area contributed by atoms with Crippen molar-refractivity contribution in [2.24, 2.45) is 15.3 Å². The van der Waals surface area contributed by atoms with Crippen LogP contribution >= 0.6 is 0 Å². The molecule has 13 heteroatoms. The highest BCUT2D eigenvalue weighted by Gasteiger charge is 2.65. The summed E-state index contributed by atoms with van der Waals surface area (Å²) in [4.78, 5) is 24.8. The summed E-state index contributed by atoms with van der Waals surface area (Å²) in [6.45, 7) is -0.731. The van der Waals surface area contributed by atoms with Gasteiger partial charge in [0.2, 0.25) is 5.91 Å². The van der Waals surface area contributed by atoms with Gasteiger partial charge in [-0.2, -0.15) is 13.2 Å². The minimum absolute atomic E-state index is 0.0811. The molecule has 2 rings (SSSR count). The van der Waals surface area contributed by atoms with E-state index in [2.05, 4.69) is 25.6 Å². The number of carboxylic acid groups (broad SMARTS) is 1. The summed E-state index contributed by atoms with van der Waals surface area (Å²) in [5.74, 6) is -2.31. The van der Waals surface area contributed by atoms with E-state index in [9.17, 15) is 22.8 Å². The van der Waals surface area contributed by atoms with Crippen molar-refractivity contribution >= 4 is 11.9 Å². The van der Waals surface area contributed by atoms with Gasteiger partial charge in [-0.1, -0.05) is 11.2 Å². The minimum Gasteiger partial charge on any atom is -0.491 e. The first-order valence-electron chi connectivity index (χ1n) is 7.00. The molecule has 138 valence electrons. The van der Waals surface area contributed by atoms with Crippen molar-refractivity contribution in [2.75, 3.05) is 19.7 Å². The number of nitrogens with zero attached hydrogens (tertiary/aromatic N) is 5. The molecule has 1 amide bonds. The summed E-state index contributed by atoms with van der Waals surface area (Å²) in [6, 6.07) is 2.83. The van der Waals surface area contributed by atoms with Crippen LogP contribution in [0.2, 0.25) is 0 Å². The number of hydrogen-bond acceptors (Lipinski definition) is 6. The summed E-state index contributed by atoms with van der Waals surface area (Å²) >= 11 is 0. The molecule has 0 bridgehead atoms. The van der Waals surface area contributed by atoms with Crippen LogP contribution in [0.3, 0.4) is 0 Å². The molecule has 1 aliphatic heterocycles. The summed E-state index contributed by atoms with van der Waals surface area (Å²) in [7, 11) is 0. The number of rotatable bonds is 8. The molecule has 10 nitrogen and oxygen atoms in total. The number of aromatic carboxylic acids is 1. The molecular formula is C13H11F3N6O4. The summed E-state index contributed by atoms with van der Waals surface area (Å²) in [5.41, 5.74) is 4.64. The smallest absolute Gasteiger partial charge is 0.442 e. The molecule has 1 heterocycles. The Morgan fingerprint density at radius 3 is 2.62 bits per heavy atom. The molecule has 0 fully saturated rings. The second kappa shape index (κ2) is 7.27. The van der Waals surface area contributed by atoms with E-state index in [4.69, 9.17) is 15.4 Å². The van der Waals surface area contributed by atoms with Crippen LogP contribution in [-0.2, 0) is 10.5 Å². The van der Waals surface area contributed by atoms with Crippen molar-refractivity contribution in [3.8, 4) is 5.75 Å². The van der Waals surface area contributed by atoms with E-state index in [1.165, 1.54) is 0 Å². The zero-order valence-electron chi connectivity index (χ0n) is 12.9. The molecule has 0 aliphatic carbocycles. The van der Waals surface area contributed by atoms with Crippen LogP contribution in [0.1, 0.15) is 15.9 Å². The van der Waals surface area contributed by atoms with E-state index < -0.39 is 30.3 Å². The van der Waals surface area contributed by atoms with Crippen LogP contribution in [0.15, 0.2) is 33.5 Å². The summed E-state index contributed by atoms with van der Waals surface area (Å²) < 4.78 is 44.3. The third kappa shape index (κ3) is 4.00. The Morgan fingerprint density at radius 2 is 2.08 bits per heavy atom. The van der Waals surface area contributed by atoms with Gasteiger partial charge in [-0.15, -0.1) is 10.2 Å². The van der Waals surface area contributed by atoms with Crippen LogP contribution in [0.25, 0.3) is 10.4 Å². The lowest BCUT2D eigenvalue weighted by atomic mass is 10.0. The Hall–Kier alpha value is -3.34. The van der Waals surface area contributed by atoms with Crippen molar-refractivity contribution in [3.63, 3.8) is 0 Å². The standard InChI is InChI=1S/C13H11F3N6O4/c14-13(15,16)12(20-21-12)7-1-2-8(11(24)25)9(5-7)26-4-3-18-10(23)6-19-22-17/h1-2,5H,3-4,6H2,(H,18,23)(H,24,25). The topological polar surface area (TPSA) is 149 Å². The van der Waals surface area contributed by atoms with E-state index in [1.807, 2.05) is 0 Å². The first-order valence-corrected chi connectivity index (χ1v) is 7.00. The molecule has 1 aromatic carbocycles. The van der Waals surface area contributed by atoms with Gasteiger partial charge in [0.1, 0.15) is 24.5 Å². The molecule has 0 atom stereocenters. The first-order chi connectivity index (χ1) is 12.2. The zero-order chi connectivity index (χ0) is 19.4. The Morgan fingerprint density at radius 1 is 1.38 bits per heavy atom. The van der Waals surface area contributed by atoms with Crippen LogP contribution in [0.5, 0.6) is 5.75 Å². The van der Waals surface area contributed by atoms with Crippen molar-refractivity contribution in [1.29, 1.82) is 0 Å². The molecule has 0 radical (unpaired) electrons. The third-order valence-electron chi connectivity index (χ3n) is 3.27. The van der Waals surface area contributed by atoms with E-state index in [-0.39, 0.29) is 30.0 Å². The highest BCUT2D eigenvalue weighted by atomic mass is 19.4. The van der Waals surface area contributed by atoms with Gasteiger partial charge in [-0.25, -0.2) is 4.79 Å². The van der Waals surface area contributed by atoms with E-state index >= 15 is 0 Å². The number of ether oxygens (including phenoxy) is 1. The lowest BCUT2D eigenvalue weighted by molar-refractivity contribution is -0.166. The van der Waals surface area contributed by atoms with Crippen molar-refractivity contribution in [2.45, 2.75) is 11.8 Å². The number of nitrogens with one attached hydrogen (secondary N) is 1. The summed E-state index contributed by atoms with van der Waals surface area (Å²) in [5, 5.41) is 20.6. The lowest BCUT2D eigenvalue weighted by Gasteiger charge is -2.17. The van der Waals surface area contributed by atoms with Crippen LogP contribution in [0, 0.1) is 0 Å². The van der Waals surface area contributed by atoms with Crippen molar-refractivity contribution < 1.29 is 32.6 Å². The number of benzene rings is 1. The maximum atomic E-state index is 13.0. The number of hydrogen-bond donors (Lipinski definition) is 2. The molecule has 1 aliphatic rings. The van der Waals surface area contributed by atoms with E-state index in [1.54, 1.807) is 0 Å². The second-order valence-corrected chi connectivity index (χ2v) is 4.97. The van der Waals surface area contributed by atoms with Gasteiger partial charge in [0.25, 0.3) is 0 Å². The van der Waals surface area contributed by atoms with Crippen molar-refractivity contribution in [1.82, 2.24) is 5.32 Å². The largest absolute Gasteiger partial charge is 0.491 e. The number of halogens is 3. The van der Waals surface area contributed by atoms with Gasteiger partial charge in [-0.3, -0.25) is 4.79 Å². The van der Waals surface area contributed by atoms with Gasteiger partial charge in [0.05, 0.1) is 6.54 Å². The number of azide groups is 1. The van der Waals surface area contributed by atoms with Gasteiger partial charge in [0.15, 0.2) is 0 Å². The number of carbonyl (C=O) groups excluding carboxylic acids is 1. The fraction of sp³-hybridized carbons (Fsp3) is 0.385. The Kier molecular flexibility index (Phi) is 5.31. The second-order valence-electron chi connectivity index (χ2n) is 4.97. The molecule has 0 unspecified atom stereocenters. The number of carboxylic acids is 1. The average molecular weight is 372 g/mol. The Bertz CT molecular complexity index is 798. The van der Waals surface area contributed by atoms with E-state index in [0.717, 1.165) is 18.2 Å². The predicted molar refractivity (Wildman–Crippen MR) is 78.5 cm³/mol. The van der Waals surface area contributed by atoms with Crippen molar-refractivity contribution in [3.05, 3.63) is 39.8 Å². The fourth-order valence-corrected chi connectivity index (χ4v) is 1.98. The molecule has 0 aromatic heterocycles. The van der Waals surface area contributed by atoms with Gasteiger partial charge in [-0.05, 0) is 17.7 Å². The molecular weight excluding hydrogens is 361 g/mol. The molecule has 0 saturated carbocycles. The predicted octanol–water partition coefficient (Wildman–Crippen LogP) is 2.37. The highest BCUT2D eigenvalue weighted by molar-refractivity contribution is 5.91. The fourth-order valence-electron chi connectivity index (χ4n) is 1.98. The van der Waals surface area contributed by atoms with Crippen LogP contribution in [-0.4, -0.2) is 42.9 Å². The van der Waals surface area contributed by atoms with Gasteiger partial charge < -0.3 is 15.2 Å². The maximum Gasteiger partial charge on any atom is 0.442 e. The number of alkyl halides is 3. The van der Waals surface area contributed by atoms with Crippen LogP contribution in [0.4, 0.5) is 13.2 Å². The SMILES string of the molecule is [N-]=[N+]=NCC(=O)NCCOc1cc(C2(C(F)(F)F)N=N2)ccc1C(=O)O. The monoisotopic (exact) mass is 372 g/mol. The quantitative estimate of drug-likeness (QED) is 0.312.